The van der Waals surface area contributed by atoms with Gasteiger partial charge in [-0.25, -0.2) is 0 Å². The fraction of sp³-hybridized carbons (Fsp3) is 0.833. The molecule has 0 aromatic heterocycles. The van der Waals surface area contributed by atoms with E-state index in [-0.39, 0.29) is 5.78 Å². The Bertz CT molecular complexity index is 160. The molecule has 9 heavy (non-hydrogen) atoms. The zero-order chi connectivity index (χ0) is 6.91. The highest BCUT2D eigenvalue weighted by Crippen LogP contribution is 2.45. The maximum absolute atomic E-state index is 11.2. The SMILES string of the molecule is CP1(=O)CCC(=O)CC1. The maximum Gasteiger partial charge on any atom is 0.133 e. The molecule has 0 atom stereocenters. The van der Waals surface area contributed by atoms with Gasteiger partial charge in [0.1, 0.15) is 5.78 Å². The van der Waals surface area contributed by atoms with Crippen molar-refractivity contribution in [3.8, 4) is 0 Å². The van der Waals surface area contributed by atoms with Crippen LogP contribution in [0.15, 0.2) is 0 Å². The van der Waals surface area contributed by atoms with Gasteiger partial charge in [0.15, 0.2) is 0 Å². The monoisotopic (exact) mass is 146 g/mol. The molecule has 0 radical (unpaired) electrons. The third-order valence-electron chi connectivity index (χ3n) is 1.73. The highest BCUT2D eigenvalue weighted by molar-refractivity contribution is 7.63. The number of carbonyl (C=O) groups is 1. The predicted molar refractivity (Wildman–Crippen MR) is 37.5 cm³/mol. The molecule has 2 nitrogen and oxygen atoms in total. The normalized spacial score (nSPS) is 26.1. The van der Waals surface area contributed by atoms with Gasteiger partial charge in [-0.1, -0.05) is 0 Å². The molecule has 0 unspecified atom stereocenters. The summed E-state index contributed by atoms with van der Waals surface area (Å²) in [6.45, 7) is 1.79. The predicted octanol–water partition coefficient (Wildman–Crippen LogP) is 1.34. The summed E-state index contributed by atoms with van der Waals surface area (Å²) >= 11 is 0. The molecule has 1 heterocycles. The van der Waals surface area contributed by atoms with Gasteiger partial charge in [0, 0.05) is 25.2 Å². The van der Waals surface area contributed by atoms with Crippen LogP contribution in [0.25, 0.3) is 0 Å². The minimum Gasteiger partial charge on any atom is -0.324 e. The van der Waals surface area contributed by atoms with Crippen molar-refractivity contribution in [1.82, 2.24) is 0 Å². The summed E-state index contributed by atoms with van der Waals surface area (Å²) in [4.78, 5) is 10.6. The van der Waals surface area contributed by atoms with Crippen molar-refractivity contribution >= 4 is 12.9 Å². The smallest absolute Gasteiger partial charge is 0.133 e. The van der Waals surface area contributed by atoms with Crippen molar-refractivity contribution in [2.45, 2.75) is 12.8 Å². The summed E-state index contributed by atoms with van der Waals surface area (Å²) in [5.41, 5.74) is 0. The van der Waals surface area contributed by atoms with Crippen LogP contribution in [0, 0.1) is 0 Å². The first kappa shape index (κ1) is 7.01. The minimum absolute atomic E-state index is 0.281. The van der Waals surface area contributed by atoms with Crippen LogP contribution < -0.4 is 0 Å². The van der Waals surface area contributed by atoms with E-state index < -0.39 is 7.14 Å². The molecular formula is C6H11O2P. The summed E-state index contributed by atoms with van der Waals surface area (Å²) in [6, 6.07) is 0. The third kappa shape index (κ3) is 1.94. The van der Waals surface area contributed by atoms with Gasteiger partial charge >= 0.3 is 0 Å². The van der Waals surface area contributed by atoms with Crippen LogP contribution in [0.3, 0.4) is 0 Å². The molecule has 1 aliphatic heterocycles. The second kappa shape index (κ2) is 2.26. The highest BCUT2D eigenvalue weighted by atomic mass is 31.2. The summed E-state index contributed by atoms with van der Waals surface area (Å²) in [5, 5.41) is 0. The molecular weight excluding hydrogens is 135 g/mol. The Labute approximate surface area is 55.0 Å². The van der Waals surface area contributed by atoms with E-state index in [1.165, 1.54) is 0 Å². The van der Waals surface area contributed by atoms with Crippen molar-refractivity contribution in [1.29, 1.82) is 0 Å². The van der Waals surface area contributed by atoms with Gasteiger partial charge in [0.05, 0.1) is 7.14 Å². The second-order valence-electron chi connectivity index (χ2n) is 2.78. The van der Waals surface area contributed by atoms with E-state index >= 15 is 0 Å². The topological polar surface area (TPSA) is 34.1 Å². The van der Waals surface area contributed by atoms with Crippen LogP contribution >= 0.6 is 7.14 Å². The fourth-order valence-electron chi connectivity index (χ4n) is 0.959. The Balaban J connectivity index is 2.54. The minimum atomic E-state index is -1.84. The van der Waals surface area contributed by atoms with E-state index in [0.717, 1.165) is 0 Å². The van der Waals surface area contributed by atoms with Gasteiger partial charge in [-0.3, -0.25) is 4.79 Å². The first-order chi connectivity index (χ1) is 4.10. The van der Waals surface area contributed by atoms with Crippen molar-refractivity contribution in [2.24, 2.45) is 0 Å². The van der Waals surface area contributed by atoms with Crippen LogP contribution in [-0.4, -0.2) is 24.8 Å². The molecule has 3 heteroatoms. The third-order valence-corrected chi connectivity index (χ3v) is 4.07. The number of Topliss-reactive ketones (excluding diaryl/α,β-unsaturated/α-hetero) is 1. The molecule has 1 fully saturated rings. The molecule has 0 N–H and O–H groups in total. The zero-order valence-electron chi connectivity index (χ0n) is 5.59. The van der Waals surface area contributed by atoms with Crippen molar-refractivity contribution in [2.75, 3.05) is 19.0 Å². The largest absolute Gasteiger partial charge is 0.324 e. The lowest BCUT2D eigenvalue weighted by atomic mass is 10.2. The molecule has 0 spiro atoms. The van der Waals surface area contributed by atoms with E-state index in [1.807, 2.05) is 0 Å². The van der Waals surface area contributed by atoms with Gasteiger partial charge in [-0.15, -0.1) is 0 Å². The van der Waals surface area contributed by atoms with E-state index in [2.05, 4.69) is 0 Å². The molecule has 0 amide bonds. The van der Waals surface area contributed by atoms with E-state index in [9.17, 15) is 9.36 Å². The molecule has 0 aromatic carbocycles. The number of hydrogen-bond acceptors (Lipinski definition) is 2. The summed E-state index contributed by atoms with van der Waals surface area (Å²) in [7, 11) is -1.84. The quantitative estimate of drug-likeness (QED) is 0.483. The molecule has 0 saturated carbocycles. The lowest BCUT2D eigenvalue weighted by Crippen LogP contribution is -2.11. The lowest BCUT2D eigenvalue weighted by molar-refractivity contribution is -0.118. The Morgan fingerprint density at radius 2 is 1.78 bits per heavy atom. The van der Waals surface area contributed by atoms with E-state index in [4.69, 9.17) is 0 Å². The second-order valence-corrected chi connectivity index (χ2v) is 6.27. The molecule has 1 aliphatic rings. The Kier molecular flexibility index (Phi) is 1.76. The van der Waals surface area contributed by atoms with Crippen molar-refractivity contribution < 1.29 is 9.36 Å². The fourth-order valence-corrected chi connectivity index (χ4v) is 2.63. The van der Waals surface area contributed by atoms with E-state index in [0.29, 0.717) is 25.2 Å². The Morgan fingerprint density at radius 3 is 2.11 bits per heavy atom. The van der Waals surface area contributed by atoms with Crippen LogP contribution in [0.1, 0.15) is 12.8 Å². The molecule has 52 valence electrons. The molecule has 0 aliphatic carbocycles. The van der Waals surface area contributed by atoms with Gasteiger partial charge in [0.2, 0.25) is 0 Å². The number of carbonyl (C=O) groups excluding carboxylic acids is 1. The van der Waals surface area contributed by atoms with Gasteiger partial charge < -0.3 is 4.57 Å². The highest BCUT2D eigenvalue weighted by Gasteiger charge is 2.23. The molecule has 1 rings (SSSR count). The van der Waals surface area contributed by atoms with Crippen LogP contribution in [0.4, 0.5) is 0 Å². The Morgan fingerprint density at radius 1 is 1.33 bits per heavy atom. The summed E-state index contributed by atoms with van der Waals surface area (Å²) in [5.74, 6) is 0.281. The van der Waals surface area contributed by atoms with Crippen LogP contribution in [0.5, 0.6) is 0 Å². The van der Waals surface area contributed by atoms with Crippen LogP contribution in [-0.2, 0) is 9.36 Å². The first-order valence-electron chi connectivity index (χ1n) is 3.17. The summed E-state index contributed by atoms with van der Waals surface area (Å²) < 4.78 is 11.2. The average Bonchev–Trinajstić information content (AvgIpc) is 1.78. The first-order valence-corrected chi connectivity index (χ1v) is 5.70. The van der Waals surface area contributed by atoms with E-state index in [1.54, 1.807) is 6.66 Å². The molecule has 0 bridgehead atoms. The van der Waals surface area contributed by atoms with Crippen LogP contribution in [0.2, 0.25) is 0 Å². The average molecular weight is 146 g/mol. The lowest BCUT2D eigenvalue weighted by Gasteiger charge is -2.16. The van der Waals surface area contributed by atoms with Gasteiger partial charge in [0.25, 0.3) is 0 Å². The standard InChI is InChI=1S/C6H11O2P/c1-9(8)4-2-6(7)3-5-9/h2-5H2,1H3. The maximum atomic E-state index is 11.2. The zero-order valence-corrected chi connectivity index (χ0v) is 6.49. The number of ketones is 1. The van der Waals surface area contributed by atoms with Gasteiger partial charge in [-0.2, -0.15) is 0 Å². The van der Waals surface area contributed by atoms with Crippen molar-refractivity contribution in [3.05, 3.63) is 0 Å². The Hall–Kier alpha value is -0.100. The number of rotatable bonds is 0. The van der Waals surface area contributed by atoms with Crippen molar-refractivity contribution in [3.63, 3.8) is 0 Å². The molecule has 1 saturated heterocycles. The van der Waals surface area contributed by atoms with Gasteiger partial charge in [-0.05, 0) is 6.66 Å². The summed E-state index contributed by atoms with van der Waals surface area (Å²) in [6.07, 6.45) is 2.39. The number of hydrogen-bond donors (Lipinski definition) is 0. The molecule has 0 aromatic rings.